The van der Waals surface area contributed by atoms with Gasteiger partial charge in [-0.2, -0.15) is 0 Å². The van der Waals surface area contributed by atoms with Crippen LogP contribution in [0.1, 0.15) is 11.1 Å². The van der Waals surface area contributed by atoms with Gasteiger partial charge < -0.3 is 9.64 Å². The summed E-state index contributed by atoms with van der Waals surface area (Å²) in [5.74, 6) is 0.797. The molecule has 130 valence electrons. The molecule has 0 aromatic heterocycles. The molecule has 0 atom stereocenters. The van der Waals surface area contributed by atoms with Crippen LogP contribution in [0.4, 0.5) is 0 Å². The van der Waals surface area contributed by atoms with E-state index < -0.39 is 0 Å². The number of likely N-dealkylation sites (N-methyl/N-ethyl adjacent to an activating group) is 1. The highest BCUT2D eigenvalue weighted by atomic mass is 35.5. The second-order valence-electron chi connectivity index (χ2n) is 6.18. The molecule has 0 heterocycles. The molecule has 0 unspecified atom stereocenters. The molecule has 2 rings (SSSR count). The zero-order chi connectivity index (χ0) is 17.5. The third kappa shape index (κ3) is 5.99. The predicted octanol–water partition coefficient (Wildman–Crippen LogP) is 4.57. The molecule has 0 amide bonds. The van der Waals surface area contributed by atoms with E-state index >= 15 is 0 Å². The van der Waals surface area contributed by atoms with E-state index in [0.29, 0.717) is 16.7 Å². The second-order valence-corrected chi connectivity index (χ2v) is 7.00. The van der Waals surface area contributed by atoms with E-state index in [0.717, 1.165) is 30.9 Å². The Morgan fingerprint density at radius 3 is 2.25 bits per heavy atom. The number of nitrogens with zero attached hydrogens (tertiary/aromatic N) is 2. The van der Waals surface area contributed by atoms with E-state index in [-0.39, 0.29) is 0 Å². The lowest BCUT2D eigenvalue weighted by Crippen LogP contribution is -2.24. The van der Waals surface area contributed by atoms with E-state index in [2.05, 4.69) is 41.1 Å². The van der Waals surface area contributed by atoms with Crippen molar-refractivity contribution < 1.29 is 4.74 Å². The molecule has 0 aliphatic rings. The maximum Gasteiger partial charge on any atom is 0.125 e. The van der Waals surface area contributed by atoms with Crippen molar-refractivity contribution in [2.24, 2.45) is 0 Å². The fraction of sp³-hybridized carbons (Fsp3) is 0.368. The summed E-state index contributed by atoms with van der Waals surface area (Å²) in [5, 5.41) is 1.08. The van der Waals surface area contributed by atoms with Gasteiger partial charge in [-0.05, 0) is 32.8 Å². The van der Waals surface area contributed by atoms with E-state index in [4.69, 9.17) is 27.9 Å². The third-order valence-electron chi connectivity index (χ3n) is 3.62. The van der Waals surface area contributed by atoms with Crippen molar-refractivity contribution in [3.05, 3.63) is 63.6 Å². The van der Waals surface area contributed by atoms with Crippen LogP contribution < -0.4 is 4.74 Å². The van der Waals surface area contributed by atoms with Gasteiger partial charge in [0, 0.05) is 31.3 Å². The molecule has 0 aliphatic carbocycles. The number of benzene rings is 2. The predicted molar refractivity (Wildman–Crippen MR) is 102 cm³/mol. The number of hydrogen-bond acceptors (Lipinski definition) is 3. The molecule has 0 spiro atoms. The van der Waals surface area contributed by atoms with Crippen molar-refractivity contribution in [1.82, 2.24) is 9.80 Å². The van der Waals surface area contributed by atoms with Gasteiger partial charge in [0.05, 0.1) is 10.0 Å². The average molecular weight is 367 g/mol. The quantitative estimate of drug-likeness (QED) is 0.680. The van der Waals surface area contributed by atoms with Crippen LogP contribution in [0.3, 0.4) is 0 Å². The maximum atomic E-state index is 6.14. The molecule has 0 bridgehead atoms. The Kier molecular flexibility index (Phi) is 7.38. The van der Waals surface area contributed by atoms with Crippen LogP contribution in [0.25, 0.3) is 0 Å². The van der Waals surface area contributed by atoms with Gasteiger partial charge in [0.1, 0.15) is 12.4 Å². The molecule has 0 saturated carbocycles. The van der Waals surface area contributed by atoms with Gasteiger partial charge in [-0.3, -0.25) is 4.90 Å². The molecule has 0 N–H and O–H groups in total. The molecule has 0 saturated heterocycles. The van der Waals surface area contributed by atoms with Crippen LogP contribution in [0.5, 0.6) is 5.75 Å². The van der Waals surface area contributed by atoms with Gasteiger partial charge in [-0.25, -0.2) is 0 Å². The van der Waals surface area contributed by atoms with Crippen LogP contribution in [0, 0.1) is 0 Å². The Hall–Kier alpha value is -1.26. The molecule has 3 nitrogen and oxygen atoms in total. The van der Waals surface area contributed by atoms with Crippen molar-refractivity contribution in [3.8, 4) is 5.75 Å². The van der Waals surface area contributed by atoms with Gasteiger partial charge in [0.25, 0.3) is 0 Å². The van der Waals surface area contributed by atoms with Gasteiger partial charge in [0.15, 0.2) is 0 Å². The first-order valence-corrected chi connectivity index (χ1v) is 8.69. The van der Waals surface area contributed by atoms with Crippen LogP contribution in [-0.4, -0.2) is 44.1 Å². The minimum atomic E-state index is 0.520. The first-order valence-electron chi connectivity index (χ1n) is 7.93. The second kappa shape index (κ2) is 9.28. The maximum absolute atomic E-state index is 6.14. The fourth-order valence-corrected chi connectivity index (χ4v) is 2.79. The SMILES string of the molecule is CN(C)Cc1cc(Cl)c(Cl)cc1OCCN(C)Cc1ccccc1. The Bertz CT molecular complexity index is 647. The van der Waals surface area contributed by atoms with Crippen molar-refractivity contribution in [2.45, 2.75) is 13.1 Å². The molecule has 2 aromatic rings. The molecule has 0 radical (unpaired) electrons. The minimum Gasteiger partial charge on any atom is -0.492 e. The van der Waals surface area contributed by atoms with Crippen molar-refractivity contribution in [1.29, 1.82) is 0 Å². The van der Waals surface area contributed by atoms with E-state index in [9.17, 15) is 0 Å². The Labute approximate surface area is 154 Å². The van der Waals surface area contributed by atoms with Crippen LogP contribution in [-0.2, 0) is 13.1 Å². The Morgan fingerprint density at radius 1 is 0.917 bits per heavy atom. The third-order valence-corrected chi connectivity index (χ3v) is 4.34. The molecule has 0 fully saturated rings. The average Bonchev–Trinajstić information content (AvgIpc) is 2.52. The highest BCUT2D eigenvalue weighted by Gasteiger charge is 2.10. The van der Waals surface area contributed by atoms with E-state index in [1.165, 1.54) is 5.56 Å². The molecule has 0 aliphatic heterocycles. The zero-order valence-electron chi connectivity index (χ0n) is 14.4. The fourth-order valence-electron chi connectivity index (χ4n) is 2.45. The first-order chi connectivity index (χ1) is 11.5. The van der Waals surface area contributed by atoms with Crippen LogP contribution in [0.2, 0.25) is 10.0 Å². The van der Waals surface area contributed by atoms with Crippen molar-refractivity contribution >= 4 is 23.2 Å². The summed E-state index contributed by atoms with van der Waals surface area (Å²) in [6, 6.07) is 14.1. The summed E-state index contributed by atoms with van der Waals surface area (Å²) in [6.07, 6.45) is 0. The summed E-state index contributed by atoms with van der Waals surface area (Å²) < 4.78 is 5.97. The highest BCUT2D eigenvalue weighted by molar-refractivity contribution is 6.42. The summed E-state index contributed by atoms with van der Waals surface area (Å²) in [7, 11) is 6.12. The molecule has 2 aromatic carbocycles. The van der Waals surface area contributed by atoms with E-state index in [1.807, 2.05) is 26.2 Å². The number of hydrogen-bond donors (Lipinski definition) is 0. The standard InChI is InChI=1S/C19H24Cl2N2O/c1-22(2)14-16-11-17(20)18(21)12-19(16)24-10-9-23(3)13-15-7-5-4-6-8-15/h4-8,11-12H,9-10,13-14H2,1-3H3. The van der Waals surface area contributed by atoms with E-state index in [1.54, 1.807) is 6.07 Å². The Balaban J connectivity index is 1.92. The monoisotopic (exact) mass is 366 g/mol. The molecular formula is C19H24Cl2N2O. The van der Waals surface area contributed by atoms with Crippen molar-refractivity contribution in [2.75, 3.05) is 34.3 Å². The van der Waals surface area contributed by atoms with Gasteiger partial charge in [0.2, 0.25) is 0 Å². The lowest BCUT2D eigenvalue weighted by molar-refractivity contribution is 0.229. The van der Waals surface area contributed by atoms with Gasteiger partial charge in [-0.1, -0.05) is 53.5 Å². The van der Waals surface area contributed by atoms with Crippen molar-refractivity contribution in [3.63, 3.8) is 0 Å². The highest BCUT2D eigenvalue weighted by Crippen LogP contribution is 2.31. The lowest BCUT2D eigenvalue weighted by Gasteiger charge is -2.19. The summed E-state index contributed by atoms with van der Waals surface area (Å²) in [6.45, 7) is 3.08. The first kappa shape index (κ1) is 19.1. The molecule has 24 heavy (non-hydrogen) atoms. The molecular weight excluding hydrogens is 343 g/mol. The zero-order valence-corrected chi connectivity index (χ0v) is 15.9. The normalized spacial score (nSPS) is 11.3. The smallest absolute Gasteiger partial charge is 0.125 e. The summed E-state index contributed by atoms with van der Waals surface area (Å²) in [4.78, 5) is 4.31. The topological polar surface area (TPSA) is 15.7 Å². The largest absolute Gasteiger partial charge is 0.492 e. The summed E-state index contributed by atoms with van der Waals surface area (Å²) in [5.41, 5.74) is 2.34. The number of rotatable bonds is 8. The lowest BCUT2D eigenvalue weighted by atomic mass is 10.2. The molecule has 5 heteroatoms. The van der Waals surface area contributed by atoms with Crippen LogP contribution >= 0.6 is 23.2 Å². The van der Waals surface area contributed by atoms with Gasteiger partial charge >= 0.3 is 0 Å². The minimum absolute atomic E-state index is 0.520. The number of halogens is 2. The number of ether oxygens (including phenoxy) is 1. The Morgan fingerprint density at radius 2 is 1.58 bits per heavy atom. The summed E-state index contributed by atoms with van der Waals surface area (Å²) >= 11 is 12.3. The van der Waals surface area contributed by atoms with Crippen LogP contribution in [0.15, 0.2) is 42.5 Å². The van der Waals surface area contributed by atoms with Gasteiger partial charge in [-0.15, -0.1) is 0 Å².